The van der Waals surface area contributed by atoms with Crippen molar-refractivity contribution >= 4 is 11.7 Å². The molecule has 0 bridgehead atoms. The van der Waals surface area contributed by atoms with Gasteiger partial charge in [0.05, 0.1) is 0 Å². The number of benzene rings is 1. The summed E-state index contributed by atoms with van der Waals surface area (Å²) < 4.78 is 0. The van der Waals surface area contributed by atoms with E-state index in [0.717, 1.165) is 37.2 Å². The van der Waals surface area contributed by atoms with Gasteiger partial charge in [0.2, 0.25) is 0 Å². The molecule has 1 aliphatic rings. The van der Waals surface area contributed by atoms with Crippen LogP contribution in [0, 0.1) is 0 Å². The summed E-state index contributed by atoms with van der Waals surface area (Å²) in [6.45, 7) is 3.55. The van der Waals surface area contributed by atoms with Crippen LogP contribution < -0.4 is 11.1 Å². The summed E-state index contributed by atoms with van der Waals surface area (Å²) >= 11 is 0. The van der Waals surface area contributed by atoms with Crippen LogP contribution in [-0.2, 0) is 0 Å². The SMILES string of the molecule is CC(N)c1cccc(NC(=O)N2CCC(N(C)C)CC2)c1. The molecule has 0 radical (unpaired) electrons. The van der Waals surface area contributed by atoms with Gasteiger partial charge < -0.3 is 20.9 Å². The molecule has 1 saturated heterocycles. The molecule has 21 heavy (non-hydrogen) atoms. The standard InChI is InChI=1S/C16H26N4O/c1-12(17)13-5-4-6-14(11-13)18-16(21)20-9-7-15(8-10-20)19(2)3/h4-6,11-12,15H,7-10,17H2,1-3H3,(H,18,21). The van der Waals surface area contributed by atoms with Crippen LogP contribution in [-0.4, -0.2) is 49.1 Å². The molecular weight excluding hydrogens is 264 g/mol. The van der Waals surface area contributed by atoms with Gasteiger partial charge in [-0.3, -0.25) is 0 Å². The fourth-order valence-corrected chi connectivity index (χ4v) is 2.69. The van der Waals surface area contributed by atoms with Crippen LogP contribution in [0.3, 0.4) is 0 Å². The third kappa shape index (κ3) is 4.19. The summed E-state index contributed by atoms with van der Waals surface area (Å²) in [6, 6.07) is 8.27. The molecule has 5 nitrogen and oxygen atoms in total. The first-order valence-corrected chi connectivity index (χ1v) is 7.55. The van der Waals surface area contributed by atoms with Gasteiger partial charge in [0.15, 0.2) is 0 Å². The molecule has 0 spiro atoms. The van der Waals surface area contributed by atoms with Crippen LogP contribution in [0.4, 0.5) is 10.5 Å². The van der Waals surface area contributed by atoms with Crippen molar-refractivity contribution in [3.8, 4) is 0 Å². The zero-order valence-corrected chi connectivity index (χ0v) is 13.2. The quantitative estimate of drug-likeness (QED) is 0.897. The van der Waals surface area contributed by atoms with E-state index in [1.165, 1.54) is 0 Å². The van der Waals surface area contributed by atoms with Crippen molar-refractivity contribution < 1.29 is 4.79 Å². The van der Waals surface area contributed by atoms with E-state index in [4.69, 9.17) is 5.73 Å². The molecule has 2 rings (SSSR count). The molecular formula is C16H26N4O. The molecule has 1 aromatic carbocycles. The minimum Gasteiger partial charge on any atom is -0.324 e. The van der Waals surface area contributed by atoms with Crippen molar-refractivity contribution in [2.45, 2.75) is 31.8 Å². The van der Waals surface area contributed by atoms with Crippen molar-refractivity contribution in [3.63, 3.8) is 0 Å². The Morgan fingerprint density at radius 2 is 2.05 bits per heavy atom. The van der Waals surface area contributed by atoms with Crippen LogP contribution in [0.15, 0.2) is 24.3 Å². The predicted octanol–water partition coefficient (Wildman–Crippen LogP) is 2.26. The Bertz CT molecular complexity index is 479. The van der Waals surface area contributed by atoms with E-state index in [0.29, 0.717) is 6.04 Å². The Kier molecular flexibility index (Phi) is 5.20. The van der Waals surface area contributed by atoms with E-state index in [1.807, 2.05) is 36.1 Å². The van der Waals surface area contributed by atoms with Crippen molar-refractivity contribution in [2.75, 3.05) is 32.5 Å². The summed E-state index contributed by atoms with van der Waals surface area (Å²) in [5.74, 6) is 0. The number of piperidine rings is 1. The second kappa shape index (κ2) is 6.91. The number of nitrogens with one attached hydrogen (secondary N) is 1. The average molecular weight is 290 g/mol. The number of nitrogens with zero attached hydrogens (tertiary/aromatic N) is 2. The molecule has 1 unspecified atom stereocenters. The predicted molar refractivity (Wildman–Crippen MR) is 86.3 cm³/mol. The first-order chi connectivity index (χ1) is 9.97. The van der Waals surface area contributed by atoms with Crippen molar-refractivity contribution in [3.05, 3.63) is 29.8 Å². The molecule has 1 heterocycles. The number of rotatable bonds is 3. The van der Waals surface area contributed by atoms with E-state index in [2.05, 4.69) is 24.3 Å². The number of hydrogen-bond donors (Lipinski definition) is 2. The number of carbonyl (C=O) groups is 1. The van der Waals surface area contributed by atoms with E-state index in [1.54, 1.807) is 0 Å². The molecule has 3 N–H and O–H groups in total. The van der Waals surface area contributed by atoms with Crippen molar-refractivity contribution in [2.24, 2.45) is 5.73 Å². The topological polar surface area (TPSA) is 61.6 Å². The highest BCUT2D eigenvalue weighted by Crippen LogP contribution is 2.18. The first kappa shape index (κ1) is 15.8. The second-order valence-corrected chi connectivity index (χ2v) is 6.03. The Morgan fingerprint density at radius 1 is 1.38 bits per heavy atom. The zero-order valence-electron chi connectivity index (χ0n) is 13.2. The van der Waals surface area contributed by atoms with Gasteiger partial charge in [-0.25, -0.2) is 4.79 Å². The minimum absolute atomic E-state index is 0.0194. The smallest absolute Gasteiger partial charge is 0.321 e. The van der Waals surface area contributed by atoms with Crippen LogP contribution in [0.5, 0.6) is 0 Å². The summed E-state index contributed by atoms with van der Waals surface area (Å²) in [7, 11) is 4.19. The number of nitrogens with two attached hydrogens (primary N) is 1. The summed E-state index contributed by atoms with van der Waals surface area (Å²) in [4.78, 5) is 16.4. The van der Waals surface area contributed by atoms with Crippen LogP contribution in [0.1, 0.15) is 31.4 Å². The van der Waals surface area contributed by atoms with E-state index in [-0.39, 0.29) is 12.1 Å². The average Bonchev–Trinajstić information content (AvgIpc) is 2.47. The van der Waals surface area contributed by atoms with Gasteiger partial charge in [0.25, 0.3) is 0 Å². The molecule has 1 atom stereocenters. The molecule has 5 heteroatoms. The molecule has 1 aliphatic heterocycles. The normalized spacial score (nSPS) is 17.9. The number of hydrogen-bond acceptors (Lipinski definition) is 3. The number of anilines is 1. The highest BCUT2D eigenvalue weighted by molar-refractivity contribution is 5.89. The van der Waals surface area contributed by atoms with Gasteiger partial charge in [-0.15, -0.1) is 0 Å². The third-order valence-corrected chi connectivity index (χ3v) is 4.15. The van der Waals surface area contributed by atoms with Gasteiger partial charge in [-0.2, -0.15) is 0 Å². The molecule has 116 valence electrons. The Labute approximate surface area is 127 Å². The Balaban J connectivity index is 1.92. The van der Waals surface area contributed by atoms with E-state index in [9.17, 15) is 4.79 Å². The van der Waals surface area contributed by atoms with Crippen molar-refractivity contribution in [1.82, 2.24) is 9.80 Å². The molecule has 0 aliphatic carbocycles. The lowest BCUT2D eigenvalue weighted by molar-refractivity contribution is 0.156. The Hall–Kier alpha value is -1.59. The largest absolute Gasteiger partial charge is 0.324 e. The Morgan fingerprint density at radius 3 is 2.62 bits per heavy atom. The van der Waals surface area contributed by atoms with Gasteiger partial charge in [-0.05, 0) is 51.6 Å². The molecule has 2 amide bonds. The van der Waals surface area contributed by atoms with Crippen LogP contribution in [0.2, 0.25) is 0 Å². The monoisotopic (exact) mass is 290 g/mol. The van der Waals surface area contributed by atoms with Gasteiger partial charge in [0.1, 0.15) is 0 Å². The highest BCUT2D eigenvalue weighted by atomic mass is 16.2. The fraction of sp³-hybridized carbons (Fsp3) is 0.562. The summed E-state index contributed by atoms with van der Waals surface area (Å²) in [5.41, 5.74) is 7.71. The lowest BCUT2D eigenvalue weighted by Gasteiger charge is -2.35. The molecule has 0 saturated carbocycles. The third-order valence-electron chi connectivity index (χ3n) is 4.15. The molecule has 1 aromatic rings. The molecule has 0 aromatic heterocycles. The minimum atomic E-state index is -0.0299. The summed E-state index contributed by atoms with van der Waals surface area (Å²) in [5, 5.41) is 2.97. The number of urea groups is 1. The first-order valence-electron chi connectivity index (χ1n) is 7.55. The van der Waals surface area contributed by atoms with E-state index >= 15 is 0 Å². The van der Waals surface area contributed by atoms with Crippen LogP contribution in [0.25, 0.3) is 0 Å². The number of likely N-dealkylation sites (tertiary alicyclic amines) is 1. The highest BCUT2D eigenvalue weighted by Gasteiger charge is 2.23. The molecule has 1 fully saturated rings. The van der Waals surface area contributed by atoms with Crippen molar-refractivity contribution in [1.29, 1.82) is 0 Å². The maximum absolute atomic E-state index is 12.3. The number of amides is 2. The number of carbonyl (C=O) groups excluding carboxylic acids is 1. The van der Waals surface area contributed by atoms with Crippen LogP contribution >= 0.6 is 0 Å². The summed E-state index contributed by atoms with van der Waals surface area (Å²) in [6.07, 6.45) is 2.06. The van der Waals surface area contributed by atoms with Gasteiger partial charge >= 0.3 is 6.03 Å². The second-order valence-electron chi connectivity index (χ2n) is 6.03. The fourth-order valence-electron chi connectivity index (χ4n) is 2.69. The van der Waals surface area contributed by atoms with E-state index < -0.39 is 0 Å². The van der Waals surface area contributed by atoms with Gasteiger partial charge in [-0.1, -0.05) is 12.1 Å². The zero-order chi connectivity index (χ0) is 15.4. The maximum Gasteiger partial charge on any atom is 0.321 e. The lowest BCUT2D eigenvalue weighted by Crippen LogP contribution is -2.46. The maximum atomic E-state index is 12.3. The lowest BCUT2D eigenvalue weighted by atomic mass is 10.0. The van der Waals surface area contributed by atoms with Gasteiger partial charge in [0, 0.05) is 30.9 Å².